The van der Waals surface area contributed by atoms with Crippen LogP contribution in [0.2, 0.25) is 0 Å². The fourth-order valence-electron chi connectivity index (χ4n) is 2.10. The van der Waals surface area contributed by atoms with Crippen LogP contribution in [-0.2, 0) is 4.84 Å². The molecule has 1 unspecified atom stereocenters. The molecule has 0 aromatic carbocycles. The summed E-state index contributed by atoms with van der Waals surface area (Å²) in [7, 11) is 0. The smallest absolute Gasteiger partial charge is 0.258 e. The van der Waals surface area contributed by atoms with Gasteiger partial charge in [0.25, 0.3) is 5.91 Å². The molecule has 0 bridgehead atoms. The maximum absolute atomic E-state index is 13.5. The van der Waals surface area contributed by atoms with E-state index in [-0.39, 0.29) is 17.2 Å². The molecule has 0 spiro atoms. The number of amides is 1. The number of rotatable bonds is 7. The van der Waals surface area contributed by atoms with Crippen LogP contribution < -0.4 is 5.32 Å². The van der Waals surface area contributed by atoms with E-state index in [0.29, 0.717) is 12.2 Å². The van der Waals surface area contributed by atoms with Crippen molar-refractivity contribution in [3.05, 3.63) is 53.2 Å². The van der Waals surface area contributed by atoms with Crippen molar-refractivity contribution in [2.75, 3.05) is 5.32 Å². The molecule has 1 amide bonds. The number of halogens is 1. The molecule has 2 aromatic rings. The highest BCUT2D eigenvalue weighted by Crippen LogP contribution is 2.14. The Bertz CT molecular complexity index is 791. The minimum absolute atomic E-state index is 0.0474. The first kappa shape index (κ1) is 19.5. The van der Waals surface area contributed by atoms with Crippen LogP contribution >= 0.6 is 0 Å². The van der Waals surface area contributed by atoms with Crippen molar-refractivity contribution in [2.45, 2.75) is 46.6 Å². The summed E-state index contributed by atoms with van der Waals surface area (Å²) < 4.78 is 13.5. The van der Waals surface area contributed by atoms with Crippen LogP contribution in [0.15, 0.2) is 35.9 Å². The number of aromatic nitrogens is 2. The molecule has 2 aromatic heterocycles. The number of hydrogen-bond acceptors (Lipinski definition) is 5. The summed E-state index contributed by atoms with van der Waals surface area (Å²) in [6, 6.07) is 3.48. The van der Waals surface area contributed by atoms with Crippen molar-refractivity contribution >= 4 is 17.4 Å². The molecule has 0 aliphatic rings. The molecule has 26 heavy (non-hydrogen) atoms. The van der Waals surface area contributed by atoms with Crippen LogP contribution in [-0.4, -0.2) is 27.7 Å². The van der Waals surface area contributed by atoms with Gasteiger partial charge < -0.3 is 10.2 Å². The number of pyridine rings is 2. The fraction of sp³-hybridized carbons (Fsp3) is 0.368. The van der Waals surface area contributed by atoms with Crippen molar-refractivity contribution in [1.82, 2.24) is 9.97 Å². The molecular formula is C19H23FN4O2. The molecule has 0 aliphatic carbocycles. The predicted octanol–water partition coefficient (Wildman–Crippen LogP) is 4.11. The van der Waals surface area contributed by atoms with E-state index in [1.165, 1.54) is 13.1 Å². The summed E-state index contributed by atoms with van der Waals surface area (Å²) >= 11 is 0. The molecule has 7 heteroatoms. The summed E-state index contributed by atoms with van der Waals surface area (Å²) in [6.07, 6.45) is 5.64. The maximum Gasteiger partial charge on any atom is 0.258 e. The van der Waals surface area contributed by atoms with Crippen molar-refractivity contribution in [3.8, 4) is 0 Å². The standard InChI is InChI=1S/C19H23FN4O2/c1-5-12(3)26-24-17(6-2)14-7-8-18(22-9-14)23-19(25)15-10-21-11-16(20)13(15)4/h7-12H,5-6H2,1-4H3,(H,22,23,25)/b24-17+. The molecule has 1 N–H and O–H groups in total. The van der Waals surface area contributed by atoms with Gasteiger partial charge in [-0.15, -0.1) is 0 Å². The molecule has 0 aliphatic heterocycles. The summed E-state index contributed by atoms with van der Waals surface area (Å²) in [6.45, 7) is 7.50. The molecule has 138 valence electrons. The number of nitrogens with zero attached hydrogens (tertiary/aromatic N) is 3. The second-order valence-corrected chi connectivity index (χ2v) is 5.90. The third-order valence-electron chi connectivity index (χ3n) is 3.99. The highest BCUT2D eigenvalue weighted by molar-refractivity contribution is 6.05. The van der Waals surface area contributed by atoms with E-state index in [2.05, 4.69) is 20.4 Å². The number of anilines is 1. The third kappa shape index (κ3) is 4.84. The normalized spacial score (nSPS) is 12.6. The molecule has 0 saturated heterocycles. The lowest BCUT2D eigenvalue weighted by Gasteiger charge is -2.10. The second-order valence-electron chi connectivity index (χ2n) is 5.90. The van der Waals surface area contributed by atoms with Crippen LogP contribution in [0.5, 0.6) is 0 Å². The van der Waals surface area contributed by atoms with Crippen LogP contribution in [0.4, 0.5) is 10.2 Å². The largest absolute Gasteiger partial charge is 0.393 e. The Morgan fingerprint density at radius 1 is 1.31 bits per heavy atom. The zero-order valence-electron chi connectivity index (χ0n) is 15.4. The van der Waals surface area contributed by atoms with Crippen LogP contribution in [0.25, 0.3) is 0 Å². The minimum Gasteiger partial charge on any atom is -0.393 e. The Morgan fingerprint density at radius 3 is 2.69 bits per heavy atom. The molecule has 6 nitrogen and oxygen atoms in total. The van der Waals surface area contributed by atoms with Gasteiger partial charge in [-0.05, 0) is 38.8 Å². The van der Waals surface area contributed by atoms with Crippen LogP contribution in [0, 0.1) is 12.7 Å². The predicted molar refractivity (Wildman–Crippen MR) is 98.8 cm³/mol. The van der Waals surface area contributed by atoms with E-state index < -0.39 is 11.7 Å². The molecule has 0 fully saturated rings. The molecule has 1 atom stereocenters. The van der Waals surface area contributed by atoms with Crippen molar-refractivity contribution < 1.29 is 14.0 Å². The summed E-state index contributed by atoms with van der Waals surface area (Å²) in [4.78, 5) is 25.6. The van der Waals surface area contributed by atoms with E-state index in [0.717, 1.165) is 23.9 Å². The molecular weight excluding hydrogens is 335 g/mol. The van der Waals surface area contributed by atoms with E-state index in [1.807, 2.05) is 26.8 Å². The van der Waals surface area contributed by atoms with E-state index in [9.17, 15) is 9.18 Å². The first-order chi connectivity index (χ1) is 12.5. The summed E-state index contributed by atoms with van der Waals surface area (Å²) in [5, 5.41) is 6.82. The maximum atomic E-state index is 13.5. The van der Waals surface area contributed by atoms with E-state index in [1.54, 1.807) is 12.3 Å². The van der Waals surface area contributed by atoms with Gasteiger partial charge in [0.1, 0.15) is 17.7 Å². The van der Waals surface area contributed by atoms with E-state index >= 15 is 0 Å². The monoisotopic (exact) mass is 358 g/mol. The molecule has 2 rings (SSSR count). The average molecular weight is 358 g/mol. The van der Waals surface area contributed by atoms with E-state index in [4.69, 9.17) is 4.84 Å². The van der Waals surface area contributed by atoms with Gasteiger partial charge >= 0.3 is 0 Å². The number of hydrogen-bond donors (Lipinski definition) is 1. The Hall–Kier alpha value is -2.83. The number of nitrogens with one attached hydrogen (secondary N) is 1. The average Bonchev–Trinajstić information content (AvgIpc) is 2.65. The first-order valence-corrected chi connectivity index (χ1v) is 8.56. The number of oxime groups is 1. The molecule has 0 saturated carbocycles. The molecule has 0 radical (unpaired) electrons. The van der Waals surface area contributed by atoms with Gasteiger partial charge in [-0.25, -0.2) is 9.37 Å². The van der Waals surface area contributed by atoms with Gasteiger partial charge in [-0.1, -0.05) is 19.0 Å². The van der Waals surface area contributed by atoms with Gasteiger partial charge in [0, 0.05) is 23.5 Å². The summed E-state index contributed by atoms with van der Waals surface area (Å²) in [5.74, 6) is -0.619. The number of carbonyl (C=O) groups excluding carboxylic acids is 1. The number of carbonyl (C=O) groups is 1. The quantitative estimate of drug-likeness (QED) is 0.597. The Balaban J connectivity index is 2.11. The Kier molecular flexibility index (Phi) is 6.77. The lowest BCUT2D eigenvalue weighted by Crippen LogP contribution is -2.15. The Labute approximate surface area is 152 Å². The SMILES string of the molecule is CC/C(=N\OC(C)CC)c1ccc(NC(=O)c2cncc(F)c2C)nc1. The van der Waals surface area contributed by atoms with Crippen molar-refractivity contribution in [1.29, 1.82) is 0 Å². The van der Waals surface area contributed by atoms with Crippen LogP contribution in [0.1, 0.15) is 55.1 Å². The van der Waals surface area contributed by atoms with Gasteiger partial charge in [0.15, 0.2) is 0 Å². The van der Waals surface area contributed by atoms with Gasteiger partial charge in [-0.3, -0.25) is 9.78 Å². The minimum atomic E-state index is -0.522. The highest BCUT2D eigenvalue weighted by atomic mass is 19.1. The van der Waals surface area contributed by atoms with Gasteiger partial charge in [-0.2, -0.15) is 0 Å². The zero-order chi connectivity index (χ0) is 19.1. The first-order valence-electron chi connectivity index (χ1n) is 8.56. The van der Waals surface area contributed by atoms with Crippen LogP contribution in [0.3, 0.4) is 0 Å². The topological polar surface area (TPSA) is 76.5 Å². The van der Waals surface area contributed by atoms with Gasteiger partial charge in [0.05, 0.1) is 17.5 Å². The summed E-state index contributed by atoms with van der Waals surface area (Å²) in [5.41, 5.74) is 2.02. The third-order valence-corrected chi connectivity index (χ3v) is 3.99. The van der Waals surface area contributed by atoms with Crippen molar-refractivity contribution in [3.63, 3.8) is 0 Å². The fourth-order valence-corrected chi connectivity index (χ4v) is 2.10. The van der Waals surface area contributed by atoms with Gasteiger partial charge in [0.2, 0.25) is 0 Å². The Morgan fingerprint density at radius 2 is 2.08 bits per heavy atom. The lowest BCUT2D eigenvalue weighted by molar-refractivity contribution is 0.0697. The van der Waals surface area contributed by atoms with Crippen molar-refractivity contribution in [2.24, 2.45) is 5.16 Å². The highest BCUT2D eigenvalue weighted by Gasteiger charge is 2.13. The lowest BCUT2D eigenvalue weighted by atomic mass is 10.1. The second kappa shape index (κ2) is 9.03. The zero-order valence-corrected chi connectivity index (χ0v) is 15.4. The molecule has 2 heterocycles.